The summed E-state index contributed by atoms with van der Waals surface area (Å²) in [6.45, 7) is 4.74. The SMILES string of the molecule is CCCCCC1(c2ccc(C(C)CCCCC(c3ccccc3)c3ccccc3)c(Br)c2)CCCCC1. The summed E-state index contributed by atoms with van der Waals surface area (Å²) < 4.78 is 1.34. The molecule has 1 atom stereocenters. The van der Waals surface area contributed by atoms with Gasteiger partial charge in [-0.15, -0.1) is 0 Å². The minimum absolute atomic E-state index is 0.418. The van der Waals surface area contributed by atoms with E-state index in [1.165, 1.54) is 105 Å². The molecule has 1 heteroatoms. The molecule has 1 unspecified atom stereocenters. The summed E-state index contributed by atoms with van der Waals surface area (Å²) in [6.07, 6.45) is 17.4. The maximum absolute atomic E-state index is 4.01. The van der Waals surface area contributed by atoms with Crippen molar-refractivity contribution in [2.45, 2.75) is 115 Å². The first-order chi connectivity index (χ1) is 18.1. The van der Waals surface area contributed by atoms with Gasteiger partial charge in [0.05, 0.1) is 0 Å². The van der Waals surface area contributed by atoms with Crippen molar-refractivity contribution in [3.8, 4) is 0 Å². The predicted molar refractivity (Wildman–Crippen MR) is 165 cm³/mol. The molecule has 0 nitrogen and oxygen atoms in total. The lowest BCUT2D eigenvalue weighted by atomic mass is 9.66. The molecule has 0 radical (unpaired) electrons. The van der Waals surface area contributed by atoms with Gasteiger partial charge in [-0.25, -0.2) is 0 Å². The maximum atomic E-state index is 4.01. The maximum Gasteiger partial charge on any atom is 0.0212 e. The Morgan fingerprint density at radius 2 is 1.35 bits per heavy atom. The molecule has 0 saturated heterocycles. The quantitative estimate of drug-likeness (QED) is 0.183. The average Bonchev–Trinajstić information content (AvgIpc) is 2.94. The summed E-state index contributed by atoms with van der Waals surface area (Å²) in [5.74, 6) is 1.07. The summed E-state index contributed by atoms with van der Waals surface area (Å²) in [5, 5.41) is 0. The van der Waals surface area contributed by atoms with E-state index in [9.17, 15) is 0 Å². The summed E-state index contributed by atoms with van der Waals surface area (Å²) in [6, 6.07) is 29.6. The number of hydrogen-bond donors (Lipinski definition) is 0. The highest BCUT2D eigenvalue weighted by Crippen LogP contribution is 2.45. The van der Waals surface area contributed by atoms with Gasteiger partial charge in [0, 0.05) is 10.4 Å². The third kappa shape index (κ3) is 7.60. The van der Waals surface area contributed by atoms with Crippen LogP contribution in [0.3, 0.4) is 0 Å². The van der Waals surface area contributed by atoms with Gasteiger partial charge in [0.15, 0.2) is 0 Å². The Morgan fingerprint density at radius 3 is 1.95 bits per heavy atom. The minimum atomic E-state index is 0.418. The number of hydrogen-bond acceptors (Lipinski definition) is 0. The lowest BCUT2D eigenvalue weighted by Gasteiger charge is -2.38. The van der Waals surface area contributed by atoms with Crippen molar-refractivity contribution in [1.29, 1.82) is 0 Å². The molecule has 0 aromatic heterocycles. The first kappa shape index (κ1) is 28.2. The van der Waals surface area contributed by atoms with Crippen LogP contribution >= 0.6 is 15.9 Å². The zero-order valence-electron chi connectivity index (χ0n) is 23.2. The Balaban J connectivity index is 1.37. The van der Waals surface area contributed by atoms with Crippen LogP contribution in [0.5, 0.6) is 0 Å². The molecule has 0 aliphatic heterocycles. The molecule has 198 valence electrons. The smallest absolute Gasteiger partial charge is 0.0212 e. The van der Waals surface area contributed by atoms with Gasteiger partial charge in [0.1, 0.15) is 0 Å². The molecule has 0 spiro atoms. The summed E-state index contributed by atoms with van der Waals surface area (Å²) >= 11 is 4.01. The first-order valence-corrected chi connectivity index (χ1v) is 15.8. The molecule has 37 heavy (non-hydrogen) atoms. The van der Waals surface area contributed by atoms with E-state index in [2.05, 4.69) is 109 Å². The first-order valence-electron chi connectivity index (χ1n) is 15.0. The molecule has 3 aromatic rings. The molecule has 0 bridgehead atoms. The van der Waals surface area contributed by atoms with Gasteiger partial charge in [0.25, 0.3) is 0 Å². The van der Waals surface area contributed by atoms with Crippen molar-refractivity contribution in [3.05, 3.63) is 106 Å². The molecule has 1 saturated carbocycles. The van der Waals surface area contributed by atoms with Crippen molar-refractivity contribution >= 4 is 15.9 Å². The molecule has 0 amide bonds. The Kier molecular flexibility index (Phi) is 10.9. The van der Waals surface area contributed by atoms with E-state index in [1.807, 2.05) is 0 Å². The largest absolute Gasteiger partial charge is 0.0654 e. The fourth-order valence-corrected chi connectivity index (χ4v) is 7.50. The highest BCUT2D eigenvalue weighted by atomic mass is 79.9. The van der Waals surface area contributed by atoms with E-state index in [-0.39, 0.29) is 0 Å². The van der Waals surface area contributed by atoms with Gasteiger partial charge in [0.2, 0.25) is 0 Å². The normalized spacial score (nSPS) is 16.1. The van der Waals surface area contributed by atoms with Crippen molar-refractivity contribution in [3.63, 3.8) is 0 Å². The Hall–Kier alpha value is -1.86. The number of benzene rings is 3. The summed E-state index contributed by atoms with van der Waals surface area (Å²) in [4.78, 5) is 0. The molecule has 0 N–H and O–H groups in total. The topological polar surface area (TPSA) is 0 Å². The van der Waals surface area contributed by atoms with Crippen molar-refractivity contribution < 1.29 is 0 Å². The van der Waals surface area contributed by atoms with Crippen LogP contribution in [-0.2, 0) is 5.41 Å². The van der Waals surface area contributed by atoms with E-state index in [0.717, 1.165) is 0 Å². The van der Waals surface area contributed by atoms with E-state index >= 15 is 0 Å². The molecule has 1 fully saturated rings. The third-order valence-electron chi connectivity index (χ3n) is 9.00. The third-order valence-corrected chi connectivity index (χ3v) is 9.68. The Labute approximate surface area is 235 Å². The Morgan fingerprint density at radius 1 is 0.730 bits per heavy atom. The van der Waals surface area contributed by atoms with Crippen LogP contribution in [0, 0.1) is 0 Å². The highest BCUT2D eigenvalue weighted by Gasteiger charge is 2.33. The second-order valence-corrected chi connectivity index (χ2v) is 12.4. The summed E-state index contributed by atoms with van der Waals surface area (Å²) in [7, 11) is 0. The number of unbranched alkanes of at least 4 members (excludes halogenated alkanes) is 3. The summed E-state index contributed by atoms with van der Waals surface area (Å²) in [5.41, 5.74) is 6.39. The van der Waals surface area contributed by atoms with Crippen LogP contribution in [0.1, 0.15) is 131 Å². The molecular formula is C36H47Br. The van der Waals surface area contributed by atoms with Gasteiger partial charge in [-0.3, -0.25) is 0 Å². The lowest BCUT2D eigenvalue weighted by molar-refractivity contribution is 0.266. The van der Waals surface area contributed by atoms with Crippen LogP contribution in [-0.4, -0.2) is 0 Å². The zero-order chi connectivity index (χ0) is 25.9. The molecule has 0 heterocycles. The van der Waals surface area contributed by atoms with E-state index in [4.69, 9.17) is 0 Å². The molecule has 1 aliphatic rings. The molecule has 3 aromatic carbocycles. The molecule has 1 aliphatic carbocycles. The van der Waals surface area contributed by atoms with Gasteiger partial charge in [-0.2, -0.15) is 0 Å². The zero-order valence-corrected chi connectivity index (χ0v) is 24.8. The number of rotatable bonds is 13. The monoisotopic (exact) mass is 558 g/mol. The van der Waals surface area contributed by atoms with Crippen molar-refractivity contribution in [2.24, 2.45) is 0 Å². The molecular weight excluding hydrogens is 512 g/mol. The predicted octanol–water partition coefficient (Wildman–Crippen LogP) is 11.7. The number of halogens is 1. The lowest BCUT2D eigenvalue weighted by Crippen LogP contribution is -2.29. The second-order valence-electron chi connectivity index (χ2n) is 11.6. The fraction of sp³-hybridized carbons (Fsp3) is 0.500. The van der Waals surface area contributed by atoms with Gasteiger partial charge < -0.3 is 0 Å². The van der Waals surface area contributed by atoms with Gasteiger partial charge >= 0.3 is 0 Å². The van der Waals surface area contributed by atoms with E-state index < -0.39 is 0 Å². The second kappa shape index (κ2) is 14.3. The van der Waals surface area contributed by atoms with E-state index in [0.29, 0.717) is 17.3 Å². The standard InChI is InChI=1S/C36H47Br/c1-3-4-14-25-36(26-15-7-16-27-36)32-23-24-33(35(37)28-32)29(2)17-12-13-22-34(30-18-8-5-9-19-30)31-20-10-6-11-21-31/h5-6,8-11,18-21,23-24,28-29,34H,3-4,7,12-17,22,25-27H2,1-2H3. The fourth-order valence-electron chi connectivity index (χ4n) is 6.73. The van der Waals surface area contributed by atoms with Crippen molar-refractivity contribution in [2.75, 3.05) is 0 Å². The van der Waals surface area contributed by atoms with E-state index in [1.54, 1.807) is 5.56 Å². The van der Waals surface area contributed by atoms with Crippen LogP contribution in [0.4, 0.5) is 0 Å². The van der Waals surface area contributed by atoms with Crippen LogP contribution in [0.15, 0.2) is 83.3 Å². The van der Waals surface area contributed by atoms with Gasteiger partial charge in [-0.1, -0.05) is 154 Å². The minimum Gasteiger partial charge on any atom is -0.0654 e. The van der Waals surface area contributed by atoms with Crippen molar-refractivity contribution in [1.82, 2.24) is 0 Å². The highest BCUT2D eigenvalue weighted by molar-refractivity contribution is 9.10. The van der Waals surface area contributed by atoms with Crippen LogP contribution < -0.4 is 0 Å². The van der Waals surface area contributed by atoms with Crippen LogP contribution in [0.25, 0.3) is 0 Å². The Bertz CT molecular complexity index is 1010. The van der Waals surface area contributed by atoms with Gasteiger partial charge in [-0.05, 0) is 71.8 Å². The molecule has 4 rings (SSSR count). The average molecular weight is 560 g/mol. The van der Waals surface area contributed by atoms with Crippen LogP contribution in [0.2, 0.25) is 0 Å².